The average molecular weight is 264 g/mol. The number of ether oxygens (including phenoxy) is 4. The zero-order chi connectivity index (χ0) is 13.1. The third kappa shape index (κ3) is 2.51. The van der Waals surface area contributed by atoms with Crippen molar-refractivity contribution in [1.82, 2.24) is 0 Å². The van der Waals surface area contributed by atoms with E-state index in [2.05, 4.69) is 0 Å². The summed E-state index contributed by atoms with van der Waals surface area (Å²) in [7, 11) is 0. The molecule has 3 rings (SSSR count). The van der Waals surface area contributed by atoms with Gasteiger partial charge in [-0.25, -0.2) is 0 Å². The third-order valence-corrected chi connectivity index (χ3v) is 3.22. The molecule has 1 aromatic rings. The van der Waals surface area contributed by atoms with Crippen LogP contribution >= 0.6 is 0 Å². The third-order valence-electron chi connectivity index (χ3n) is 3.22. The number of benzene rings is 1. The molecular weight excluding hydrogens is 248 g/mol. The fourth-order valence-corrected chi connectivity index (χ4v) is 2.28. The first kappa shape index (κ1) is 12.3. The Morgan fingerprint density at radius 3 is 2.84 bits per heavy atom. The molecule has 2 aliphatic rings. The van der Waals surface area contributed by atoms with Crippen molar-refractivity contribution in [3.05, 3.63) is 17.7 Å². The van der Waals surface area contributed by atoms with Crippen LogP contribution in [0.5, 0.6) is 17.2 Å². The molecule has 19 heavy (non-hydrogen) atoms. The molecule has 0 bridgehead atoms. The first-order valence-electron chi connectivity index (χ1n) is 6.54. The maximum Gasteiger partial charge on any atom is 0.199 e. The zero-order valence-electron chi connectivity index (χ0n) is 10.6. The molecule has 1 saturated heterocycles. The minimum absolute atomic E-state index is 0.282. The van der Waals surface area contributed by atoms with Crippen molar-refractivity contribution in [3.63, 3.8) is 0 Å². The lowest BCUT2D eigenvalue weighted by Crippen LogP contribution is -2.25. The van der Waals surface area contributed by atoms with Crippen LogP contribution in [0.15, 0.2) is 12.1 Å². The summed E-state index contributed by atoms with van der Waals surface area (Å²) < 4.78 is 22.2. The van der Waals surface area contributed by atoms with Gasteiger partial charge in [-0.1, -0.05) is 0 Å². The highest BCUT2D eigenvalue weighted by Crippen LogP contribution is 2.39. The monoisotopic (exact) mass is 264 g/mol. The van der Waals surface area contributed by atoms with Crippen molar-refractivity contribution in [3.8, 4) is 17.2 Å². The second kappa shape index (κ2) is 5.48. The van der Waals surface area contributed by atoms with E-state index in [1.54, 1.807) is 12.1 Å². The molecule has 0 saturated carbocycles. The van der Waals surface area contributed by atoms with E-state index in [4.69, 9.17) is 18.9 Å². The van der Waals surface area contributed by atoms with Crippen LogP contribution in [-0.2, 0) is 4.74 Å². The van der Waals surface area contributed by atoms with Crippen molar-refractivity contribution in [2.75, 3.05) is 19.8 Å². The molecule has 0 N–H and O–H groups in total. The molecule has 0 spiro atoms. The highest BCUT2D eigenvalue weighted by molar-refractivity contribution is 5.85. The van der Waals surface area contributed by atoms with Gasteiger partial charge in [0.15, 0.2) is 24.1 Å². The summed E-state index contributed by atoms with van der Waals surface area (Å²) in [6.45, 7) is 1.64. The summed E-state index contributed by atoms with van der Waals surface area (Å²) in [5.74, 6) is 1.55. The van der Waals surface area contributed by atoms with E-state index < -0.39 is 0 Å². The Hall–Kier alpha value is -1.75. The smallest absolute Gasteiger partial charge is 0.199 e. The summed E-state index contributed by atoms with van der Waals surface area (Å²) >= 11 is 0. The lowest BCUT2D eigenvalue weighted by molar-refractivity contribution is -0.106. The minimum Gasteiger partial charge on any atom is -0.486 e. The SMILES string of the molecule is O=Cc1c(OC2CCCCO2)ccc2c1OCCO2. The number of hydrogen-bond donors (Lipinski definition) is 0. The molecule has 5 nitrogen and oxygen atoms in total. The molecule has 2 heterocycles. The normalized spacial score (nSPS) is 21.8. The van der Waals surface area contributed by atoms with Crippen molar-refractivity contribution < 1.29 is 23.7 Å². The van der Waals surface area contributed by atoms with Crippen LogP contribution in [0.25, 0.3) is 0 Å². The fourth-order valence-electron chi connectivity index (χ4n) is 2.28. The van der Waals surface area contributed by atoms with E-state index in [9.17, 15) is 4.79 Å². The van der Waals surface area contributed by atoms with E-state index in [1.165, 1.54) is 0 Å². The molecule has 0 aliphatic carbocycles. The van der Waals surface area contributed by atoms with Gasteiger partial charge in [-0.15, -0.1) is 0 Å². The van der Waals surface area contributed by atoms with Gasteiger partial charge in [0.2, 0.25) is 0 Å². The number of carbonyl (C=O) groups excluding carboxylic acids is 1. The first-order chi connectivity index (χ1) is 9.38. The van der Waals surface area contributed by atoms with Gasteiger partial charge in [0.05, 0.1) is 6.61 Å². The number of hydrogen-bond acceptors (Lipinski definition) is 5. The molecule has 1 fully saturated rings. The van der Waals surface area contributed by atoms with Gasteiger partial charge in [0.25, 0.3) is 0 Å². The minimum atomic E-state index is -0.282. The topological polar surface area (TPSA) is 54.0 Å². The van der Waals surface area contributed by atoms with Crippen LogP contribution in [0, 0.1) is 0 Å². The molecular formula is C14H16O5. The van der Waals surface area contributed by atoms with Crippen molar-refractivity contribution in [2.24, 2.45) is 0 Å². The van der Waals surface area contributed by atoms with E-state index in [0.29, 0.717) is 42.6 Å². The first-order valence-corrected chi connectivity index (χ1v) is 6.54. The number of aldehydes is 1. The second-order valence-electron chi connectivity index (χ2n) is 4.53. The van der Waals surface area contributed by atoms with E-state index >= 15 is 0 Å². The molecule has 0 aromatic heterocycles. The Balaban J connectivity index is 1.85. The standard InChI is InChI=1S/C14H16O5/c15-9-10-11(19-13-3-1-2-6-17-13)4-5-12-14(10)18-8-7-16-12/h4-5,9,13H,1-3,6-8H2. The van der Waals surface area contributed by atoms with Crippen LogP contribution in [0.1, 0.15) is 29.6 Å². The van der Waals surface area contributed by atoms with Gasteiger partial charge >= 0.3 is 0 Å². The van der Waals surface area contributed by atoms with Crippen molar-refractivity contribution in [1.29, 1.82) is 0 Å². The van der Waals surface area contributed by atoms with Crippen molar-refractivity contribution >= 4 is 6.29 Å². The summed E-state index contributed by atoms with van der Waals surface area (Å²) in [5, 5.41) is 0. The highest BCUT2D eigenvalue weighted by Gasteiger charge is 2.23. The largest absolute Gasteiger partial charge is 0.486 e. The Bertz CT molecular complexity index is 465. The number of rotatable bonds is 3. The maximum absolute atomic E-state index is 11.3. The summed E-state index contributed by atoms with van der Waals surface area (Å²) in [4.78, 5) is 11.3. The van der Waals surface area contributed by atoms with E-state index in [1.807, 2.05) is 0 Å². The zero-order valence-corrected chi connectivity index (χ0v) is 10.6. The van der Waals surface area contributed by atoms with Crippen molar-refractivity contribution in [2.45, 2.75) is 25.6 Å². The predicted octanol–water partition coefficient (Wildman–Crippen LogP) is 2.18. The van der Waals surface area contributed by atoms with Crippen LogP contribution in [0.2, 0.25) is 0 Å². The fraction of sp³-hybridized carbons (Fsp3) is 0.500. The van der Waals surface area contributed by atoms with E-state index in [0.717, 1.165) is 25.5 Å². The van der Waals surface area contributed by atoms with Crippen LogP contribution < -0.4 is 14.2 Å². The number of fused-ring (bicyclic) bond motifs is 1. The lowest BCUT2D eigenvalue weighted by Gasteiger charge is -2.26. The molecule has 1 aromatic carbocycles. The van der Waals surface area contributed by atoms with Gasteiger partial charge in [0.1, 0.15) is 24.5 Å². The van der Waals surface area contributed by atoms with Crippen LogP contribution in [0.3, 0.4) is 0 Å². The molecule has 1 unspecified atom stereocenters. The number of carbonyl (C=O) groups is 1. The molecule has 2 aliphatic heterocycles. The molecule has 0 radical (unpaired) electrons. The Morgan fingerprint density at radius 1 is 1.16 bits per heavy atom. The Kier molecular flexibility index (Phi) is 3.55. The quantitative estimate of drug-likeness (QED) is 0.783. The summed E-state index contributed by atoms with van der Waals surface area (Å²) in [6.07, 6.45) is 3.43. The van der Waals surface area contributed by atoms with Gasteiger partial charge < -0.3 is 18.9 Å². The molecule has 1 atom stereocenters. The summed E-state index contributed by atoms with van der Waals surface area (Å²) in [6, 6.07) is 3.49. The Morgan fingerprint density at radius 2 is 2.05 bits per heavy atom. The van der Waals surface area contributed by atoms with Gasteiger partial charge in [-0.2, -0.15) is 0 Å². The van der Waals surface area contributed by atoms with Gasteiger partial charge in [-0.3, -0.25) is 4.79 Å². The average Bonchev–Trinajstić information content (AvgIpc) is 2.48. The molecule has 5 heteroatoms. The second-order valence-corrected chi connectivity index (χ2v) is 4.53. The molecule has 0 amide bonds. The predicted molar refractivity (Wildman–Crippen MR) is 67.0 cm³/mol. The van der Waals surface area contributed by atoms with Gasteiger partial charge in [0, 0.05) is 6.42 Å². The summed E-state index contributed by atoms with van der Waals surface area (Å²) in [5.41, 5.74) is 0.395. The maximum atomic E-state index is 11.3. The van der Waals surface area contributed by atoms with Crippen LogP contribution in [0.4, 0.5) is 0 Å². The van der Waals surface area contributed by atoms with E-state index in [-0.39, 0.29) is 6.29 Å². The highest BCUT2D eigenvalue weighted by atomic mass is 16.7. The molecule has 102 valence electrons. The Labute approximate surface area is 111 Å². The van der Waals surface area contributed by atoms with Crippen LogP contribution in [-0.4, -0.2) is 32.4 Å². The lowest BCUT2D eigenvalue weighted by atomic mass is 10.1. The van der Waals surface area contributed by atoms with Gasteiger partial charge in [-0.05, 0) is 25.0 Å².